The number of esters is 1. The van der Waals surface area contributed by atoms with Gasteiger partial charge in [-0.25, -0.2) is 9.78 Å². The molecule has 0 unspecified atom stereocenters. The lowest BCUT2D eigenvalue weighted by Crippen LogP contribution is -2.42. The number of H-pyrrole nitrogens is 1. The summed E-state index contributed by atoms with van der Waals surface area (Å²) >= 11 is 1.24. The van der Waals surface area contributed by atoms with Crippen molar-refractivity contribution in [3.63, 3.8) is 0 Å². The van der Waals surface area contributed by atoms with E-state index in [9.17, 15) is 22.8 Å². The van der Waals surface area contributed by atoms with Crippen molar-refractivity contribution in [2.75, 3.05) is 32.1 Å². The molecule has 3 rings (SSSR count). The zero-order valence-corrected chi connectivity index (χ0v) is 15.8. The van der Waals surface area contributed by atoms with E-state index < -0.39 is 18.7 Å². The normalized spacial score (nSPS) is 16.1. The summed E-state index contributed by atoms with van der Waals surface area (Å²) in [5, 5.41) is 4.87. The van der Waals surface area contributed by atoms with Crippen molar-refractivity contribution in [2.45, 2.75) is 19.0 Å². The molecule has 0 aliphatic carbocycles. The lowest BCUT2D eigenvalue weighted by Gasteiger charge is -2.31. The number of aromatic amines is 1. The Kier molecular flexibility index (Phi) is 6.04. The number of aromatic nitrogens is 2. The van der Waals surface area contributed by atoms with Crippen LogP contribution in [-0.2, 0) is 9.53 Å². The highest BCUT2D eigenvalue weighted by Crippen LogP contribution is 2.27. The fraction of sp³-hybridized carbons (Fsp3) is 0.471. The van der Waals surface area contributed by atoms with E-state index in [2.05, 4.69) is 20.0 Å². The Morgan fingerprint density at radius 2 is 2.11 bits per heavy atom. The van der Waals surface area contributed by atoms with E-state index in [1.54, 1.807) is 17.6 Å². The van der Waals surface area contributed by atoms with Gasteiger partial charge in [0.2, 0.25) is 5.91 Å². The first-order chi connectivity index (χ1) is 13.2. The molecule has 1 fully saturated rings. The number of amides is 1. The van der Waals surface area contributed by atoms with Gasteiger partial charge in [-0.15, -0.1) is 11.3 Å². The maximum Gasteiger partial charge on any atom is 0.401 e. The molecular weight excluding hydrogens is 397 g/mol. The van der Waals surface area contributed by atoms with E-state index in [1.165, 1.54) is 23.3 Å². The van der Waals surface area contributed by atoms with E-state index >= 15 is 0 Å². The zero-order valence-electron chi connectivity index (χ0n) is 15.0. The van der Waals surface area contributed by atoms with Gasteiger partial charge in [-0.1, -0.05) is 0 Å². The molecule has 3 heterocycles. The van der Waals surface area contributed by atoms with Crippen LogP contribution in [0.15, 0.2) is 17.6 Å². The largest absolute Gasteiger partial charge is 0.464 e. The summed E-state index contributed by atoms with van der Waals surface area (Å²) in [7, 11) is 1.28. The van der Waals surface area contributed by atoms with Crippen LogP contribution in [0.3, 0.4) is 0 Å². The second kappa shape index (κ2) is 8.31. The molecule has 0 bridgehead atoms. The fourth-order valence-corrected chi connectivity index (χ4v) is 3.77. The monoisotopic (exact) mass is 416 g/mol. The maximum atomic E-state index is 12.4. The summed E-state index contributed by atoms with van der Waals surface area (Å²) < 4.78 is 41.9. The number of nitrogens with one attached hydrogen (secondary N) is 2. The Bertz CT molecular complexity index is 841. The number of carbonyl (C=O) groups is 2. The SMILES string of the molecule is COC(=O)c1cc(-c2csc(NC(=O)C3CCN(CC(F)(F)F)CC3)n2)c[nH]1. The number of hydrogen-bond donors (Lipinski definition) is 2. The first-order valence-electron chi connectivity index (χ1n) is 8.58. The smallest absolute Gasteiger partial charge is 0.401 e. The average Bonchev–Trinajstić information content (AvgIpc) is 3.29. The third-order valence-corrected chi connectivity index (χ3v) is 5.24. The van der Waals surface area contributed by atoms with Gasteiger partial charge in [0.25, 0.3) is 0 Å². The molecular formula is C17H19F3N4O3S. The second-order valence-electron chi connectivity index (χ2n) is 6.49. The molecule has 28 heavy (non-hydrogen) atoms. The number of piperidine rings is 1. The Labute approximate surface area is 162 Å². The summed E-state index contributed by atoms with van der Waals surface area (Å²) in [6.45, 7) is -0.470. The molecule has 2 aromatic heterocycles. The first-order valence-corrected chi connectivity index (χ1v) is 9.46. The number of anilines is 1. The molecule has 11 heteroatoms. The van der Waals surface area contributed by atoms with Crippen molar-refractivity contribution in [2.24, 2.45) is 5.92 Å². The summed E-state index contributed by atoms with van der Waals surface area (Å²) in [6, 6.07) is 1.60. The van der Waals surface area contributed by atoms with Crippen LogP contribution >= 0.6 is 11.3 Å². The van der Waals surface area contributed by atoms with Crippen LogP contribution in [0.5, 0.6) is 0 Å². The van der Waals surface area contributed by atoms with Gasteiger partial charge >= 0.3 is 12.1 Å². The van der Waals surface area contributed by atoms with E-state index in [4.69, 9.17) is 0 Å². The molecule has 1 saturated heterocycles. The summed E-state index contributed by atoms with van der Waals surface area (Å²) in [5.74, 6) is -1.07. The van der Waals surface area contributed by atoms with Gasteiger partial charge in [-0.3, -0.25) is 9.69 Å². The Morgan fingerprint density at radius 1 is 1.39 bits per heavy atom. The third kappa shape index (κ3) is 5.10. The number of ether oxygens (including phenoxy) is 1. The van der Waals surface area contributed by atoms with Gasteiger partial charge in [0.15, 0.2) is 5.13 Å². The molecule has 0 radical (unpaired) electrons. The number of nitrogens with zero attached hydrogens (tertiary/aromatic N) is 2. The Hall–Kier alpha value is -2.40. The van der Waals surface area contributed by atoms with Gasteiger partial charge < -0.3 is 15.0 Å². The number of methoxy groups -OCH3 is 1. The molecule has 7 nitrogen and oxygen atoms in total. The van der Waals surface area contributed by atoms with Gasteiger partial charge in [0.1, 0.15) is 5.69 Å². The van der Waals surface area contributed by atoms with Crippen molar-refractivity contribution < 1.29 is 27.5 Å². The van der Waals surface area contributed by atoms with Crippen LogP contribution in [0.25, 0.3) is 11.3 Å². The first kappa shape index (κ1) is 20.3. The summed E-state index contributed by atoms with van der Waals surface area (Å²) in [6.07, 6.45) is -1.86. The summed E-state index contributed by atoms with van der Waals surface area (Å²) in [5.41, 5.74) is 1.56. The lowest BCUT2D eigenvalue weighted by molar-refractivity contribution is -0.149. The van der Waals surface area contributed by atoms with E-state index in [1.807, 2.05) is 0 Å². The third-order valence-electron chi connectivity index (χ3n) is 4.48. The Balaban J connectivity index is 1.55. The lowest BCUT2D eigenvalue weighted by atomic mass is 9.96. The number of carbonyl (C=O) groups excluding carboxylic acids is 2. The molecule has 0 aromatic carbocycles. The fourth-order valence-electron chi connectivity index (χ4n) is 3.05. The Morgan fingerprint density at radius 3 is 2.75 bits per heavy atom. The number of likely N-dealkylation sites (tertiary alicyclic amines) is 1. The van der Waals surface area contributed by atoms with Crippen LogP contribution in [-0.4, -0.2) is 59.7 Å². The summed E-state index contributed by atoms with van der Waals surface area (Å²) in [4.78, 5) is 32.3. The van der Waals surface area contributed by atoms with Crippen LogP contribution < -0.4 is 5.32 Å². The number of halogens is 3. The molecule has 1 amide bonds. The average molecular weight is 416 g/mol. The quantitative estimate of drug-likeness (QED) is 0.732. The molecule has 1 aliphatic heterocycles. The number of alkyl halides is 3. The van der Waals surface area contributed by atoms with E-state index in [-0.39, 0.29) is 24.9 Å². The zero-order chi connectivity index (χ0) is 20.3. The molecule has 1 aliphatic rings. The van der Waals surface area contributed by atoms with Gasteiger partial charge in [0.05, 0.1) is 19.3 Å². The van der Waals surface area contributed by atoms with E-state index in [0.717, 1.165) is 0 Å². The predicted octanol–water partition coefficient (Wildman–Crippen LogP) is 3.14. The van der Waals surface area contributed by atoms with Gasteiger partial charge in [-0.2, -0.15) is 13.2 Å². The molecule has 0 spiro atoms. The molecule has 152 valence electrons. The molecule has 0 saturated carbocycles. The van der Waals surface area contributed by atoms with Crippen LogP contribution in [0.1, 0.15) is 23.3 Å². The molecule has 2 N–H and O–H groups in total. The molecule has 0 atom stereocenters. The second-order valence-corrected chi connectivity index (χ2v) is 7.34. The van der Waals surface area contributed by atoms with Crippen molar-refractivity contribution >= 4 is 28.3 Å². The minimum Gasteiger partial charge on any atom is -0.464 e. The number of rotatable bonds is 5. The van der Waals surface area contributed by atoms with Crippen molar-refractivity contribution in [1.82, 2.24) is 14.9 Å². The topological polar surface area (TPSA) is 87.3 Å². The number of thiazole rings is 1. The predicted molar refractivity (Wildman–Crippen MR) is 97.1 cm³/mol. The maximum absolute atomic E-state index is 12.4. The van der Waals surface area contributed by atoms with Gasteiger partial charge in [-0.05, 0) is 32.0 Å². The van der Waals surface area contributed by atoms with Crippen molar-refractivity contribution in [3.8, 4) is 11.3 Å². The number of hydrogen-bond acceptors (Lipinski definition) is 6. The van der Waals surface area contributed by atoms with Crippen molar-refractivity contribution in [1.29, 1.82) is 0 Å². The minimum absolute atomic E-state index is 0.236. The highest BCUT2D eigenvalue weighted by molar-refractivity contribution is 7.14. The van der Waals surface area contributed by atoms with Crippen LogP contribution in [0.2, 0.25) is 0 Å². The highest BCUT2D eigenvalue weighted by atomic mass is 32.1. The van der Waals surface area contributed by atoms with Gasteiger partial charge in [0, 0.05) is 23.1 Å². The van der Waals surface area contributed by atoms with Crippen LogP contribution in [0.4, 0.5) is 18.3 Å². The standard InChI is InChI=1S/C17H19F3N4O3S/c1-27-15(26)12-6-11(7-21-12)13-8-28-16(22-13)23-14(25)10-2-4-24(5-3-10)9-17(18,19)20/h6-8,10,21H,2-5,9H2,1H3,(H,22,23,25). The molecule has 2 aromatic rings. The van der Waals surface area contributed by atoms with E-state index in [0.29, 0.717) is 34.9 Å². The van der Waals surface area contributed by atoms with Crippen LogP contribution in [0, 0.1) is 5.92 Å². The highest BCUT2D eigenvalue weighted by Gasteiger charge is 2.34. The minimum atomic E-state index is -4.22. The van der Waals surface area contributed by atoms with Crippen molar-refractivity contribution in [3.05, 3.63) is 23.3 Å².